The van der Waals surface area contributed by atoms with Gasteiger partial charge in [0, 0.05) is 27.8 Å². The van der Waals surface area contributed by atoms with E-state index in [1.165, 1.54) is 0 Å². The van der Waals surface area contributed by atoms with Crippen LogP contribution in [-0.2, 0) is 0 Å². The van der Waals surface area contributed by atoms with Crippen LogP contribution in [0.2, 0.25) is 0 Å². The number of rotatable bonds is 2. The average Bonchev–Trinajstić information content (AvgIpc) is 2.38. The third-order valence-corrected chi connectivity index (χ3v) is 3.28. The van der Waals surface area contributed by atoms with Crippen molar-refractivity contribution in [3.63, 3.8) is 0 Å². The van der Waals surface area contributed by atoms with Crippen LogP contribution in [-0.4, -0.2) is 10.1 Å². The number of hydrogen-bond donors (Lipinski definition) is 2. The number of fused-ring (bicyclic) bond motifs is 1. The smallest absolute Gasteiger partial charge is 0.227 e. The summed E-state index contributed by atoms with van der Waals surface area (Å²) in [5, 5.41) is 11.3. The number of nitrogens with two attached hydrogens (primary N) is 1. The van der Waals surface area contributed by atoms with Gasteiger partial charge in [-0.15, -0.1) is 0 Å². The molecule has 0 aliphatic rings. The van der Waals surface area contributed by atoms with Gasteiger partial charge in [-0.25, -0.2) is 4.98 Å². The van der Waals surface area contributed by atoms with Gasteiger partial charge in [-0.1, -0.05) is 22.0 Å². The van der Waals surface area contributed by atoms with Gasteiger partial charge in [0.25, 0.3) is 0 Å². The Hall–Kier alpha value is -2.27. The Kier molecular flexibility index (Phi) is 3.20. The highest BCUT2D eigenvalue weighted by molar-refractivity contribution is 9.10. The second-order valence-corrected chi connectivity index (χ2v) is 5.26. The van der Waals surface area contributed by atoms with E-state index in [2.05, 4.69) is 20.9 Å². The van der Waals surface area contributed by atoms with Crippen molar-refractivity contribution in [2.75, 3.05) is 5.73 Å². The van der Waals surface area contributed by atoms with Crippen LogP contribution in [0.3, 0.4) is 0 Å². The van der Waals surface area contributed by atoms with Crippen LogP contribution >= 0.6 is 15.9 Å². The summed E-state index contributed by atoms with van der Waals surface area (Å²) in [6.45, 7) is 0. The first kappa shape index (κ1) is 12.7. The molecule has 0 amide bonds. The summed E-state index contributed by atoms with van der Waals surface area (Å²) in [6, 6.07) is 12.2. The molecule has 1 heterocycles. The zero-order chi connectivity index (χ0) is 14.1. The molecule has 3 aromatic rings. The number of aromatic nitrogens is 1. The highest BCUT2D eigenvalue weighted by Gasteiger charge is 2.07. The molecule has 0 spiro atoms. The maximum Gasteiger partial charge on any atom is 0.227 e. The fourth-order valence-electron chi connectivity index (χ4n) is 1.97. The average molecular weight is 331 g/mol. The first-order valence-corrected chi connectivity index (χ1v) is 6.73. The number of aromatic hydroxyl groups is 1. The standard InChI is InChI=1S/C15H11BrN2O2/c16-10-5-11(17)7-13(6-10)20-15-14-8-12(19)2-1-9(14)3-4-18-15/h1-8,19H,17H2. The van der Waals surface area contributed by atoms with Crippen molar-refractivity contribution in [3.8, 4) is 17.4 Å². The maximum absolute atomic E-state index is 9.60. The predicted octanol–water partition coefficient (Wildman–Crippen LogP) is 4.08. The van der Waals surface area contributed by atoms with Gasteiger partial charge in [-0.05, 0) is 35.7 Å². The van der Waals surface area contributed by atoms with E-state index in [4.69, 9.17) is 10.5 Å². The molecule has 2 aromatic carbocycles. The van der Waals surface area contributed by atoms with Gasteiger partial charge in [0.2, 0.25) is 5.88 Å². The largest absolute Gasteiger partial charge is 0.508 e. The molecule has 1 aromatic heterocycles. The van der Waals surface area contributed by atoms with Crippen LogP contribution in [0.1, 0.15) is 0 Å². The van der Waals surface area contributed by atoms with Gasteiger partial charge >= 0.3 is 0 Å². The van der Waals surface area contributed by atoms with E-state index in [9.17, 15) is 5.11 Å². The number of pyridine rings is 1. The minimum atomic E-state index is 0.170. The second-order valence-electron chi connectivity index (χ2n) is 4.34. The summed E-state index contributed by atoms with van der Waals surface area (Å²) in [6.07, 6.45) is 1.66. The predicted molar refractivity (Wildman–Crippen MR) is 82.0 cm³/mol. The van der Waals surface area contributed by atoms with E-state index in [1.54, 1.807) is 36.5 Å². The Morgan fingerprint density at radius 1 is 1.10 bits per heavy atom. The Balaban J connectivity index is 2.08. The first-order chi connectivity index (χ1) is 9.61. The topological polar surface area (TPSA) is 68.4 Å². The summed E-state index contributed by atoms with van der Waals surface area (Å²) < 4.78 is 6.61. The van der Waals surface area contributed by atoms with Crippen LogP contribution in [0, 0.1) is 0 Å². The summed E-state index contributed by atoms with van der Waals surface area (Å²) in [5.74, 6) is 1.18. The third kappa shape index (κ3) is 2.53. The van der Waals surface area contributed by atoms with Crippen molar-refractivity contribution in [1.29, 1.82) is 0 Å². The molecule has 0 saturated carbocycles. The number of anilines is 1. The van der Waals surface area contributed by atoms with Crippen molar-refractivity contribution in [3.05, 3.63) is 53.1 Å². The SMILES string of the molecule is Nc1cc(Br)cc(Oc2nccc3ccc(O)cc23)c1. The molecular formula is C15H11BrN2O2. The number of benzene rings is 2. The van der Waals surface area contributed by atoms with Crippen molar-refractivity contribution in [2.45, 2.75) is 0 Å². The Bertz CT molecular complexity index is 770. The fourth-order valence-corrected chi connectivity index (χ4v) is 2.46. The molecule has 0 saturated heterocycles. The molecule has 0 fully saturated rings. The lowest BCUT2D eigenvalue weighted by Crippen LogP contribution is -1.91. The minimum Gasteiger partial charge on any atom is -0.508 e. The Morgan fingerprint density at radius 2 is 1.95 bits per heavy atom. The number of halogens is 1. The van der Waals surface area contributed by atoms with Crippen LogP contribution in [0.4, 0.5) is 5.69 Å². The van der Waals surface area contributed by atoms with Crippen molar-refractivity contribution < 1.29 is 9.84 Å². The van der Waals surface area contributed by atoms with E-state index in [-0.39, 0.29) is 5.75 Å². The summed E-state index contributed by atoms with van der Waals surface area (Å²) >= 11 is 3.37. The molecule has 20 heavy (non-hydrogen) atoms. The fraction of sp³-hybridized carbons (Fsp3) is 0. The maximum atomic E-state index is 9.60. The van der Waals surface area contributed by atoms with Gasteiger partial charge in [-0.3, -0.25) is 0 Å². The minimum absolute atomic E-state index is 0.170. The van der Waals surface area contributed by atoms with Crippen molar-refractivity contribution >= 4 is 32.4 Å². The Morgan fingerprint density at radius 3 is 2.75 bits per heavy atom. The zero-order valence-electron chi connectivity index (χ0n) is 10.4. The lowest BCUT2D eigenvalue weighted by molar-refractivity contribution is 0.465. The molecule has 100 valence electrons. The molecule has 0 bridgehead atoms. The van der Waals surface area contributed by atoms with Gasteiger partial charge < -0.3 is 15.6 Å². The summed E-state index contributed by atoms with van der Waals surface area (Å²) in [7, 11) is 0. The molecule has 0 aliphatic carbocycles. The number of phenolic OH excluding ortho intramolecular Hbond substituents is 1. The first-order valence-electron chi connectivity index (χ1n) is 5.93. The lowest BCUT2D eigenvalue weighted by atomic mass is 10.1. The molecular weight excluding hydrogens is 320 g/mol. The van der Waals surface area contributed by atoms with Gasteiger partial charge in [0.15, 0.2) is 0 Å². The van der Waals surface area contributed by atoms with Gasteiger partial charge in [0.1, 0.15) is 11.5 Å². The second kappa shape index (κ2) is 5.02. The molecule has 3 N–H and O–H groups in total. The highest BCUT2D eigenvalue weighted by Crippen LogP contribution is 2.32. The number of nitrogens with zero attached hydrogens (tertiary/aromatic N) is 1. The van der Waals surface area contributed by atoms with Crippen molar-refractivity contribution in [2.24, 2.45) is 0 Å². The van der Waals surface area contributed by atoms with Crippen LogP contribution in [0.25, 0.3) is 10.8 Å². The molecule has 3 rings (SSSR count). The summed E-state index contributed by atoms with van der Waals surface area (Å²) in [4.78, 5) is 4.21. The van der Waals surface area contributed by atoms with E-state index >= 15 is 0 Å². The number of hydrogen-bond acceptors (Lipinski definition) is 4. The molecule has 4 nitrogen and oxygen atoms in total. The van der Waals surface area contributed by atoms with E-state index < -0.39 is 0 Å². The lowest BCUT2D eigenvalue weighted by Gasteiger charge is -2.09. The quantitative estimate of drug-likeness (QED) is 0.695. The zero-order valence-corrected chi connectivity index (χ0v) is 12.0. The number of nitrogen functional groups attached to an aromatic ring is 1. The normalized spacial score (nSPS) is 10.7. The van der Waals surface area contributed by atoms with Gasteiger partial charge in [0.05, 0.1) is 0 Å². The molecule has 0 atom stereocenters. The van der Waals surface area contributed by atoms with Crippen LogP contribution in [0.15, 0.2) is 53.1 Å². The van der Waals surface area contributed by atoms with Crippen LogP contribution < -0.4 is 10.5 Å². The van der Waals surface area contributed by atoms with E-state index in [0.29, 0.717) is 17.3 Å². The van der Waals surface area contributed by atoms with Gasteiger partial charge in [-0.2, -0.15) is 0 Å². The molecule has 0 radical (unpaired) electrons. The van der Waals surface area contributed by atoms with Crippen LogP contribution in [0.5, 0.6) is 17.4 Å². The summed E-state index contributed by atoms with van der Waals surface area (Å²) in [5.41, 5.74) is 6.37. The molecule has 5 heteroatoms. The van der Waals surface area contributed by atoms with E-state index in [0.717, 1.165) is 15.2 Å². The third-order valence-electron chi connectivity index (χ3n) is 2.82. The Labute approximate surface area is 124 Å². The molecule has 0 aliphatic heterocycles. The highest BCUT2D eigenvalue weighted by atomic mass is 79.9. The van der Waals surface area contributed by atoms with E-state index in [1.807, 2.05) is 12.1 Å². The number of ether oxygens (including phenoxy) is 1. The van der Waals surface area contributed by atoms with Crippen molar-refractivity contribution in [1.82, 2.24) is 4.98 Å². The number of phenols is 1. The molecule has 0 unspecified atom stereocenters. The monoisotopic (exact) mass is 330 g/mol.